The Labute approximate surface area is 130 Å². The van der Waals surface area contributed by atoms with Crippen molar-refractivity contribution in [2.24, 2.45) is 0 Å². The molecule has 0 aromatic carbocycles. The van der Waals surface area contributed by atoms with Crippen molar-refractivity contribution in [3.05, 3.63) is 40.4 Å². The minimum atomic E-state index is -0.446. The van der Waals surface area contributed by atoms with Crippen molar-refractivity contribution in [3.8, 4) is 0 Å². The van der Waals surface area contributed by atoms with E-state index < -0.39 is 5.82 Å². The first-order valence-corrected chi connectivity index (χ1v) is 7.93. The molecule has 0 atom stereocenters. The number of halogens is 1. The van der Waals surface area contributed by atoms with Gasteiger partial charge in [0.15, 0.2) is 5.01 Å². The number of aryl methyl sites for hydroxylation is 1. The molecule has 0 radical (unpaired) electrons. The highest BCUT2D eigenvalue weighted by atomic mass is 32.1. The van der Waals surface area contributed by atoms with E-state index in [0.717, 1.165) is 31.2 Å². The summed E-state index contributed by atoms with van der Waals surface area (Å²) in [4.78, 5) is 23.4. The van der Waals surface area contributed by atoms with Crippen LogP contribution in [0.15, 0.2) is 23.8 Å². The maximum absolute atomic E-state index is 13.3. The lowest BCUT2D eigenvalue weighted by Crippen LogP contribution is -2.11. The van der Waals surface area contributed by atoms with Crippen LogP contribution in [0.3, 0.4) is 0 Å². The molecule has 0 aliphatic rings. The number of hydrogen-bond acceptors (Lipinski definition) is 4. The average Bonchev–Trinajstić information content (AvgIpc) is 3.12. The number of aromatic nitrogens is 3. The lowest BCUT2D eigenvalue weighted by molar-refractivity contribution is 0.102. The summed E-state index contributed by atoms with van der Waals surface area (Å²) in [5, 5.41) is 5.60. The summed E-state index contributed by atoms with van der Waals surface area (Å²) >= 11 is 1.32. The van der Waals surface area contributed by atoms with Gasteiger partial charge in [-0.3, -0.25) is 4.79 Å². The second-order valence-corrected chi connectivity index (χ2v) is 5.81. The number of nitrogens with zero attached hydrogens (tertiary/aromatic N) is 2. The molecule has 3 aromatic rings. The normalized spacial score (nSPS) is 11.0. The van der Waals surface area contributed by atoms with Crippen molar-refractivity contribution in [1.82, 2.24) is 15.0 Å². The summed E-state index contributed by atoms with van der Waals surface area (Å²) in [6.45, 7) is 2.12. The van der Waals surface area contributed by atoms with E-state index in [1.165, 1.54) is 17.4 Å². The third-order valence-electron chi connectivity index (χ3n) is 3.28. The number of carbonyl (C=O) groups is 1. The molecule has 5 nitrogen and oxygen atoms in total. The van der Waals surface area contributed by atoms with Crippen LogP contribution in [0.4, 0.5) is 10.1 Å². The van der Waals surface area contributed by atoms with Crippen LogP contribution in [0.25, 0.3) is 11.0 Å². The molecule has 1 amide bonds. The number of hydrogen-bond donors (Lipinski definition) is 2. The molecule has 0 fully saturated rings. The summed E-state index contributed by atoms with van der Waals surface area (Å²) < 4.78 is 13.3. The lowest BCUT2D eigenvalue weighted by atomic mass is 10.2. The van der Waals surface area contributed by atoms with Gasteiger partial charge in [0.05, 0.1) is 17.6 Å². The maximum Gasteiger partial charge on any atom is 0.284 e. The van der Waals surface area contributed by atoms with Gasteiger partial charge in [-0.15, -0.1) is 11.3 Å². The number of amides is 1. The van der Waals surface area contributed by atoms with Crippen LogP contribution in [-0.2, 0) is 6.42 Å². The van der Waals surface area contributed by atoms with Crippen LogP contribution in [0.5, 0.6) is 0 Å². The third-order valence-corrected chi connectivity index (χ3v) is 4.17. The molecular weight excluding hydrogens is 303 g/mol. The summed E-state index contributed by atoms with van der Waals surface area (Å²) in [5.41, 5.74) is 1.96. The minimum absolute atomic E-state index is 0.294. The molecule has 22 heavy (non-hydrogen) atoms. The van der Waals surface area contributed by atoms with Crippen LogP contribution in [0.2, 0.25) is 0 Å². The van der Waals surface area contributed by atoms with Crippen LogP contribution >= 0.6 is 11.3 Å². The van der Waals surface area contributed by atoms with E-state index in [2.05, 4.69) is 27.2 Å². The minimum Gasteiger partial charge on any atom is -0.344 e. The first kappa shape index (κ1) is 14.6. The molecule has 0 aliphatic carbocycles. The predicted molar refractivity (Wildman–Crippen MR) is 84.7 cm³/mol. The lowest BCUT2D eigenvalue weighted by Gasteiger charge is -2.00. The average molecular weight is 318 g/mol. The Morgan fingerprint density at radius 1 is 1.50 bits per heavy atom. The zero-order chi connectivity index (χ0) is 15.5. The van der Waals surface area contributed by atoms with Gasteiger partial charge < -0.3 is 10.3 Å². The van der Waals surface area contributed by atoms with Gasteiger partial charge in [0, 0.05) is 17.0 Å². The highest BCUT2D eigenvalue weighted by molar-refractivity contribution is 7.11. The third kappa shape index (κ3) is 2.99. The van der Waals surface area contributed by atoms with Gasteiger partial charge in [-0.1, -0.05) is 13.3 Å². The fraction of sp³-hybridized carbons (Fsp3) is 0.267. The fourth-order valence-corrected chi connectivity index (χ4v) is 2.89. The van der Waals surface area contributed by atoms with Crippen molar-refractivity contribution >= 4 is 34.0 Å². The van der Waals surface area contributed by atoms with Crippen molar-refractivity contribution in [3.63, 3.8) is 0 Å². The van der Waals surface area contributed by atoms with Crippen molar-refractivity contribution in [2.45, 2.75) is 26.2 Å². The highest BCUT2D eigenvalue weighted by Gasteiger charge is 2.14. The zero-order valence-electron chi connectivity index (χ0n) is 12.0. The number of anilines is 1. The number of carbonyl (C=O) groups excluding carboxylic acids is 1. The van der Waals surface area contributed by atoms with Gasteiger partial charge in [-0.05, 0) is 18.9 Å². The van der Waals surface area contributed by atoms with Crippen LogP contribution in [-0.4, -0.2) is 20.9 Å². The molecule has 7 heteroatoms. The van der Waals surface area contributed by atoms with E-state index in [9.17, 15) is 9.18 Å². The number of nitrogens with one attached hydrogen (secondary N) is 2. The molecule has 0 saturated carbocycles. The molecule has 0 bridgehead atoms. The molecule has 0 unspecified atom stereocenters. The molecule has 2 N–H and O–H groups in total. The maximum atomic E-state index is 13.3. The monoisotopic (exact) mass is 318 g/mol. The molecule has 3 heterocycles. The number of fused-ring (bicyclic) bond motifs is 1. The standard InChI is InChI=1S/C15H15FN4OS/c1-2-3-4-10-8-22-15(19-10)14(21)20-12-7-18-13-11(12)5-9(16)6-17-13/h5-8H,2-4H2,1H3,(H,17,18)(H,20,21). The molecule has 0 saturated heterocycles. The van der Waals surface area contributed by atoms with Crippen molar-refractivity contribution < 1.29 is 9.18 Å². The number of aromatic amines is 1. The van der Waals surface area contributed by atoms with Crippen molar-refractivity contribution in [2.75, 3.05) is 5.32 Å². The van der Waals surface area contributed by atoms with Gasteiger partial charge in [-0.2, -0.15) is 0 Å². The van der Waals surface area contributed by atoms with E-state index in [4.69, 9.17) is 0 Å². The Balaban J connectivity index is 1.78. The van der Waals surface area contributed by atoms with Crippen LogP contribution in [0, 0.1) is 5.82 Å². The Morgan fingerprint density at radius 2 is 2.36 bits per heavy atom. The van der Waals surface area contributed by atoms with E-state index in [0.29, 0.717) is 21.7 Å². The molecule has 3 aromatic heterocycles. The SMILES string of the molecule is CCCCc1csc(C(=O)Nc2c[nH]c3ncc(F)cc23)n1. The van der Waals surface area contributed by atoms with Gasteiger partial charge in [-0.25, -0.2) is 14.4 Å². The number of H-pyrrole nitrogens is 1. The Hall–Kier alpha value is -2.28. The first-order chi connectivity index (χ1) is 10.7. The number of unbranched alkanes of at least 4 members (excludes halogenated alkanes) is 1. The molecule has 3 rings (SSSR count). The zero-order valence-corrected chi connectivity index (χ0v) is 12.8. The second-order valence-electron chi connectivity index (χ2n) is 4.95. The summed E-state index contributed by atoms with van der Waals surface area (Å²) in [6, 6.07) is 1.34. The topological polar surface area (TPSA) is 70.7 Å². The largest absolute Gasteiger partial charge is 0.344 e. The summed E-state index contributed by atoms with van der Waals surface area (Å²) in [6.07, 6.45) is 5.75. The molecule has 0 aliphatic heterocycles. The quantitative estimate of drug-likeness (QED) is 0.752. The Kier molecular flexibility index (Phi) is 4.15. The van der Waals surface area contributed by atoms with Crippen molar-refractivity contribution in [1.29, 1.82) is 0 Å². The van der Waals surface area contributed by atoms with Gasteiger partial charge >= 0.3 is 0 Å². The molecule has 0 spiro atoms. The van der Waals surface area contributed by atoms with E-state index in [1.807, 2.05) is 5.38 Å². The van der Waals surface area contributed by atoms with E-state index >= 15 is 0 Å². The van der Waals surface area contributed by atoms with Gasteiger partial charge in [0.25, 0.3) is 5.91 Å². The smallest absolute Gasteiger partial charge is 0.284 e. The fourth-order valence-electron chi connectivity index (χ4n) is 2.14. The van der Waals surface area contributed by atoms with Crippen LogP contribution < -0.4 is 5.32 Å². The predicted octanol–water partition coefficient (Wildman–Crippen LogP) is 3.75. The Morgan fingerprint density at radius 3 is 3.18 bits per heavy atom. The highest BCUT2D eigenvalue weighted by Crippen LogP contribution is 2.23. The first-order valence-electron chi connectivity index (χ1n) is 7.05. The Bertz CT molecular complexity index is 811. The van der Waals surface area contributed by atoms with Gasteiger partial charge in [0.2, 0.25) is 0 Å². The number of thiazole rings is 1. The second kappa shape index (κ2) is 6.23. The van der Waals surface area contributed by atoms with E-state index in [-0.39, 0.29) is 5.91 Å². The van der Waals surface area contributed by atoms with Gasteiger partial charge in [0.1, 0.15) is 11.5 Å². The van der Waals surface area contributed by atoms with E-state index in [1.54, 1.807) is 6.20 Å². The summed E-state index contributed by atoms with van der Waals surface area (Å²) in [5.74, 6) is -0.739. The number of rotatable bonds is 5. The molecule has 114 valence electrons. The summed E-state index contributed by atoms with van der Waals surface area (Å²) in [7, 11) is 0. The van der Waals surface area contributed by atoms with Crippen LogP contribution in [0.1, 0.15) is 35.3 Å². The molecular formula is C15H15FN4OS. The number of pyridine rings is 1.